The molecule has 0 atom stereocenters. The molecule has 0 aliphatic rings. The minimum Gasteiger partial charge on any atom is -0.506 e. The fourth-order valence-electron chi connectivity index (χ4n) is 1.63. The van der Waals surface area contributed by atoms with Crippen molar-refractivity contribution < 1.29 is 14.6 Å². The number of aromatic hydroxyl groups is 1. The smallest absolute Gasteiger partial charge is 0.228 e. The molecule has 4 nitrogen and oxygen atoms in total. The van der Waals surface area contributed by atoms with E-state index in [0.29, 0.717) is 21.7 Å². The quantitative estimate of drug-likeness (QED) is 0.832. The van der Waals surface area contributed by atoms with Gasteiger partial charge >= 0.3 is 0 Å². The number of carbonyl (C=O) groups is 1. The summed E-state index contributed by atoms with van der Waals surface area (Å²) in [5.41, 5.74) is 0.566. The molecule has 0 fully saturated rings. The normalized spacial score (nSPS) is 10.7. The lowest BCUT2D eigenvalue weighted by Crippen LogP contribution is -2.02. The molecule has 0 saturated heterocycles. The zero-order chi connectivity index (χ0) is 11.9. The van der Waals surface area contributed by atoms with Gasteiger partial charge < -0.3 is 9.84 Å². The molecular formula is C11H10ClNO3. The number of hydrogen-bond donors (Lipinski definition) is 1. The predicted octanol–water partition coefficient (Wildman–Crippen LogP) is 2.67. The van der Waals surface area contributed by atoms with Crippen LogP contribution >= 0.6 is 11.6 Å². The molecule has 0 spiro atoms. The molecule has 84 valence electrons. The van der Waals surface area contributed by atoms with Crippen LogP contribution in [0.1, 0.15) is 11.7 Å². The van der Waals surface area contributed by atoms with Crippen LogP contribution in [-0.2, 0) is 0 Å². The highest BCUT2D eigenvalue weighted by molar-refractivity contribution is 6.33. The summed E-state index contributed by atoms with van der Waals surface area (Å²) in [4.78, 5) is 11.3. The Kier molecular flexibility index (Phi) is 2.52. The van der Waals surface area contributed by atoms with E-state index in [1.807, 2.05) is 0 Å². The highest BCUT2D eigenvalue weighted by Crippen LogP contribution is 2.35. The second-order valence-electron chi connectivity index (χ2n) is 3.41. The van der Waals surface area contributed by atoms with Crippen molar-refractivity contribution in [2.24, 2.45) is 0 Å². The second-order valence-corrected chi connectivity index (χ2v) is 3.81. The second kappa shape index (κ2) is 3.72. The molecule has 0 amide bonds. The van der Waals surface area contributed by atoms with Crippen LogP contribution in [0.4, 0.5) is 0 Å². The Morgan fingerprint density at radius 2 is 2.19 bits per heavy atom. The van der Waals surface area contributed by atoms with Crippen molar-refractivity contribution in [2.75, 3.05) is 7.11 Å². The minimum atomic E-state index is -0.188. The first-order chi connectivity index (χ1) is 7.54. The Hall–Kier alpha value is -1.68. The molecule has 0 bridgehead atoms. The Labute approximate surface area is 97.0 Å². The molecule has 1 aromatic carbocycles. The zero-order valence-electron chi connectivity index (χ0n) is 8.82. The standard InChI is InChI=1S/C11H10ClNO3/c1-6(14)13-5-10(15)7-3-11(16-2)8(12)4-9(7)13/h3-5,15H,1-2H3. The number of methoxy groups -OCH3 is 1. The van der Waals surface area contributed by atoms with E-state index in [2.05, 4.69) is 0 Å². The van der Waals surface area contributed by atoms with E-state index in [1.54, 1.807) is 12.1 Å². The van der Waals surface area contributed by atoms with Crippen LogP contribution in [-0.4, -0.2) is 22.7 Å². The molecule has 0 saturated carbocycles. The first-order valence-corrected chi connectivity index (χ1v) is 5.01. The summed E-state index contributed by atoms with van der Waals surface area (Å²) in [5, 5.41) is 10.6. The van der Waals surface area contributed by atoms with E-state index in [9.17, 15) is 9.90 Å². The van der Waals surface area contributed by atoms with E-state index < -0.39 is 0 Å². The van der Waals surface area contributed by atoms with E-state index in [1.165, 1.54) is 24.8 Å². The van der Waals surface area contributed by atoms with Gasteiger partial charge in [0.15, 0.2) is 0 Å². The van der Waals surface area contributed by atoms with Gasteiger partial charge in [-0.15, -0.1) is 0 Å². The maximum absolute atomic E-state index is 11.3. The highest BCUT2D eigenvalue weighted by Gasteiger charge is 2.13. The minimum absolute atomic E-state index is 0.0279. The molecule has 1 N–H and O–H groups in total. The fraction of sp³-hybridized carbons (Fsp3) is 0.182. The van der Waals surface area contributed by atoms with Crippen molar-refractivity contribution in [1.29, 1.82) is 0 Å². The Morgan fingerprint density at radius 1 is 1.50 bits per heavy atom. The van der Waals surface area contributed by atoms with Crippen LogP contribution in [0.2, 0.25) is 5.02 Å². The molecule has 5 heteroatoms. The van der Waals surface area contributed by atoms with Gasteiger partial charge in [0, 0.05) is 12.3 Å². The number of halogens is 1. The van der Waals surface area contributed by atoms with Gasteiger partial charge in [0.1, 0.15) is 11.5 Å². The van der Waals surface area contributed by atoms with Gasteiger partial charge in [-0.2, -0.15) is 0 Å². The molecule has 2 aromatic rings. The summed E-state index contributed by atoms with van der Waals surface area (Å²) < 4.78 is 6.38. The van der Waals surface area contributed by atoms with Crippen LogP contribution in [0, 0.1) is 0 Å². The third-order valence-corrected chi connectivity index (χ3v) is 2.69. The van der Waals surface area contributed by atoms with Crippen LogP contribution in [0.5, 0.6) is 11.5 Å². The van der Waals surface area contributed by atoms with Gasteiger partial charge in [0.2, 0.25) is 5.91 Å². The molecule has 1 aromatic heterocycles. The number of benzene rings is 1. The molecule has 16 heavy (non-hydrogen) atoms. The van der Waals surface area contributed by atoms with Crippen molar-refractivity contribution in [1.82, 2.24) is 4.57 Å². The molecule has 0 aliphatic carbocycles. The van der Waals surface area contributed by atoms with E-state index >= 15 is 0 Å². The third kappa shape index (κ3) is 1.51. The molecule has 0 radical (unpaired) electrons. The van der Waals surface area contributed by atoms with E-state index in [0.717, 1.165) is 0 Å². The first kappa shape index (κ1) is 10.8. The lowest BCUT2D eigenvalue weighted by Gasteiger charge is -2.04. The Bertz CT molecular complexity index is 574. The summed E-state index contributed by atoms with van der Waals surface area (Å²) in [6, 6.07) is 3.20. The molecule has 2 rings (SSSR count). The summed E-state index contributed by atoms with van der Waals surface area (Å²) in [5.74, 6) is 0.303. The van der Waals surface area contributed by atoms with Crippen LogP contribution in [0.25, 0.3) is 10.9 Å². The van der Waals surface area contributed by atoms with Crippen molar-refractivity contribution in [3.63, 3.8) is 0 Å². The number of aromatic nitrogens is 1. The SMILES string of the molecule is COc1cc2c(O)cn(C(C)=O)c2cc1Cl. The summed E-state index contributed by atoms with van der Waals surface area (Å²) in [6.07, 6.45) is 1.36. The van der Waals surface area contributed by atoms with Gasteiger partial charge in [-0.05, 0) is 12.1 Å². The highest BCUT2D eigenvalue weighted by atomic mass is 35.5. The molecule has 0 unspecified atom stereocenters. The monoisotopic (exact) mass is 239 g/mol. The van der Waals surface area contributed by atoms with Gasteiger partial charge in [-0.25, -0.2) is 0 Å². The van der Waals surface area contributed by atoms with Gasteiger partial charge in [0.25, 0.3) is 0 Å². The van der Waals surface area contributed by atoms with Gasteiger partial charge in [-0.3, -0.25) is 9.36 Å². The number of fused-ring (bicyclic) bond motifs is 1. The van der Waals surface area contributed by atoms with Crippen LogP contribution in [0.15, 0.2) is 18.3 Å². The van der Waals surface area contributed by atoms with Crippen molar-refractivity contribution in [2.45, 2.75) is 6.92 Å². The topological polar surface area (TPSA) is 51.5 Å². The lowest BCUT2D eigenvalue weighted by atomic mass is 10.2. The number of rotatable bonds is 1. The summed E-state index contributed by atoms with van der Waals surface area (Å²) >= 11 is 5.96. The van der Waals surface area contributed by atoms with Gasteiger partial charge in [-0.1, -0.05) is 11.6 Å². The number of nitrogens with zero attached hydrogens (tertiary/aromatic N) is 1. The first-order valence-electron chi connectivity index (χ1n) is 4.63. The molecular weight excluding hydrogens is 230 g/mol. The largest absolute Gasteiger partial charge is 0.506 e. The average molecular weight is 240 g/mol. The number of ether oxygens (including phenoxy) is 1. The predicted molar refractivity (Wildman–Crippen MR) is 61.5 cm³/mol. The summed E-state index contributed by atoms with van der Waals surface area (Å²) in [7, 11) is 1.49. The van der Waals surface area contributed by atoms with Crippen LogP contribution < -0.4 is 4.74 Å². The van der Waals surface area contributed by atoms with Crippen LogP contribution in [0.3, 0.4) is 0 Å². The molecule has 0 aliphatic heterocycles. The Balaban J connectivity index is 2.82. The van der Waals surface area contributed by atoms with Crippen molar-refractivity contribution in [3.05, 3.63) is 23.4 Å². The average Bonchev–Trinajstić information content (AvgIpc) is 2.54. The maximum atomic E-state index is 11.3. The fourth-order valence-corrected chi connectivity index (χ4v) is 1.86. The van der Waals surface area contributed by atoms with Gasteiger partial charge in [0.05, 0.1) is 23.8 Å². The maximum Gasteiger partial charge on any atom is 0.228 e. The zero-order valence-corrected chi connectivity index (χ0v) is 9.58. The van der Waals surface area contributed by atoms with E-state index in [4.69, 9.17) is 16.3 Å². The summed E-state index contributed by atoms with van der Waals surface area (Å²) in [6.45, 7) is 1.41. The van der Waals surface area contributed by atoms with Crippen molar-refractivity contribution >= 4 is 28.4 Å². The lowest BCUT2D eigenvalue weighted by molar-refractivity contribution is 0.0941. The third-order valence-electron chi connectivity index (χ3n) is 2.40. The Morgan fingerprint density at radius 3 is 2.75 bits per heavy atom. The van der Waals surface area contributed by atoms with Crippen molar-refractivity contribution in [3.8, 4) is 11.5 Å². The number of hydrogen-bond acceptors (Lipinski definition) is 3. The number of carbonyl (C=O) groups excluding carboxylic acids is 1. The van der Waals surface area contributed by atoms with E-state index in [-0.39, 0.29) is 11.7 Å². The molecule has 1 heterocycles.